The van der Waals surface area contributed by atoms with Crippen molar-refractivity contribution in [2.45, 2.75) is 64.0 Å². The van der Waals surface area contributed by atoms with Gasteiger partial charge in [-0.2, -0.15) is 5.10 Å². The Morgan fingerprint density at radius 3 is 2.86 bits per heavy atom. The van der Waals surface area contributed by atoms with Gasteiger partial charge in [0.1, 0.15) is 11.7 Å². The summed E-state index contributed by atoms with van der Waals surface area (Å²) in [6.45, 7) is 2.10. The Kier molecular flexibility index (Phi) is 2.98. The van der Waals surface area contributed by atoms with E-state index in [2.05, 4.69) is 22.2 Å². The number of piperidine rings is 1. The van der Waals surface area contributed by atoms with Gasteiger partial charge in [-0.25, -0.2) is 0 Å². The number of hydrogen-bond acceptors (Lipinski definition) is 3. The van der Waals surface area contributed by atoms with Gasteiger partial charge in [-0.15, -0.1) is 0 Å². The minimum absolute atomic E-state index is 0.0111. The van der Waals surface area contributed by atoms with Crippen molar-refractivity contribution < 1.29 is 4.79 Å². The fourth-order valence-corrected chi connectivity index (χ4v) is 4.64. The van der Waals surface area contributed by atoms with Crippen molar-refractivity contribution >= 4 is 17.4 Å². The van der Waals surface area contributed by atoms with E-state index in [1.807, 2.05) is 11.7 Å². The number of aromatic nitrogens is 2. The van der Waals surface area contributed by atoms with Crippen LogP contribution in [0.2, 0.25) is 0 Å². The minimum atomic E-state index is 0.0111. The Morgan fingerprint density at radius 1 is 1.24 bits per heavy atom. The first-order valence-corrected chi connectivity index (χ1v) is 8.35. The molecule has 0 spiro atoms. The fourth-order valence-electron chi connectivity index (χ4n) is 4.64. The first-order chi connectivity index (χ1) is 10.2. The second kappa shape index (κ2) is 4.75. The zero-order valence-corrected chi connectivity index (χ0v) is 12.9. The average Bonchev–Trinajstić information content (AvgIpc) is 2.83. The van der Waals surface area contributed by atoms with Crippen LogP contribution in [0.3, 0.4) is 0 Å². The number of nitrogens with zero attached hydrogens (tertiary/aromatic N) is 3. The molecule has 5 heteroatoms. The number of rotatable bonds is 1. The van der Waals surface area contributed by atoms with Gasteiger partial charge < -0.3 is 10.2 Å². The molecule has 4 rings (SSSR count). The number of fused-ring (bicyclic) bond motifs is 5. The van der Waals surface area contributed by atoms with Gasteiger partial charge in [-0.3, -0.25) is 9.48 Å². The maximum Gasteiger partial charge on any atom is 0.247 e. The Bertz CT molecular complexity index is 579. The predicted molar refractivity (Wildman–Crippen MR) is 82.5 cm³/mol. The number of carbonyl (C=O) groups excluding carboxylic acids is 1. The highest BCUT2D eigenvalue weighted by Crippen LogP contribution is 2.45. The molecule has 1 N–H and O–H groups in total. The third-order valence-corrected chi connectivity index (χ3v) is 5.59. The van der Waals surface area contributed by atoms with Crippen LogP contribution in [0.15, 0.2) is 0 Å². The second-order valence-electron chi connectivity index (χ2n) is 6.72. The lowest BCUT2D eigenvalue weighted by Crippen LogP contribution is -2.59. The van der Waals surface area contributed by atoms with Gasteiger partial charge in [0.05, 0.1) is 5.69 Å². The molecular formula is C16H24N4O. The van der Waals surface area contributed by atoms with Gasteiger partial charge >= 0.3 is 0 Å². The van der Waals surface area contributed by atoms with E-state index in [1.165, 1.54) is 32.1 Å². The van der Waals surface area contributed by atoms with Crippen molar-refractivity contribution in [2.75, 3.05) is 10.2 Å². The van der Waals surface area contributed by atoms with Crippen LogP contribution in [0, 0.1) is 5.92 Å². The van der Waals surface area contributed by atoms with E-state index in [1.54, 1.807) is 0 Å². The molecule has 5 nitrogen and oxygen atoms in total. The van der Waals surface area contributed by atoms with Crippen molar-refractivity contribution in [1.82, 2.24) is 9.78 Å². The number of nitrogens with one attached hydrogen (secondary N) is 1. The summed E-state index contributed by atoms with van der Waals surface area (Å²) in [5, 5.41) is 7.77. The van der Waals surface area contributed by atoms with Crippen LogP contribution >= 0.6 is 0 Å². The van der Waals surface area contributed by atoms with Crippen LogP contribution in [0.25, 0.3) is 0 Å². The third kappa shape index (κ3) is 1.82. The molecule has 1 saturated heterocycles. The zero-order valence-electron chi connectivity index (χ0n) is 12.9. The van der Waals surface area contributed by atoms with Gasteiger partial charge in [0, 0.05) is 13.1 Å². The Labute approximate surface area is 125 Å². The van der Waals surface area contributed by atoms with Gasteiger partial charge in [-0.1, -0.05) is 19.8 Å². The fraction of sp³-hybridized carbons (Fsp3) is 0.750. The molecule has 3 aliphatic rings. The molecule has 1 saturated carbocycles. The highest BCUT2D eigenvalue weighted by atomic mass is 16.2. The van der Waals surface area contributed by atoms with Crippen molar-refractivity contribution in [3.63, 3.8) is 0 Å². The molecule has 1 aromatic heterocycles. The molecule has 0 bridgehead atoms. The number of hydrogen-bond donors (Lipinski definition) is 1. The van der Waals surface area contributed by atoms with E-state index in [-0.39, 0.29) is 11.9 Å². The third-order valence-electron chi connectivity index (χ3n) is 5.59. The average molecular weight is 288 g/mol. The smallest absolute Gasteiger partial charge is 0.247 e. The maximum absolute atomic E-state index is 12.6. The summed E-state index contributed by atoms with van der Waals surface area (Å²) >= 11 is 0. The quantitative estimate of drug-likeness (QED) is 0.863. The summed E-state index contributed by atoms with van der Waals surface area (Å²) in [5.74, 6) is 2.08. The minimum Gasteiger partial charge on any atom is -0.340 e. The molecule has 1 aliphatic carbocycles. The van der Waals surface area contributed by atoms with Crippen molar-refractivity contribution in [1.29, 1.82) is 0 Å². The number of amides is 1. The van der Waals surface area contributed by atoms with Gasteiger partial charge in [0.15, 0.2) is 5.82 Å². The Morgan fingerprint density at radius 2 is 2.05 bits per heavy atom. The molecule has 3 heterocycles. The molecule has 1 amide bonds. The molecule has 0 aromatic carbocycles. The van der Waals surface area contributed by atoms with Gasteiger partial charge in [-0.05, 0) is 38.0 Å². The van der Waals surface area contributed by atoms with E-state index in [0.717, 1.165) is 36.0 Å². The van der Waals surface area contributed by atoms with Crippen molar-refractivity contribution in [2.24, 2.45) is 13.0 Å². The molecule has 1 aromatic rings. The van der Waals surface area contributed by atoms with Crippen LogP contribution < -0.4 is 10.2 Å². The molecule has 21 heavy (non-hydrogen) atoms. The normalized spacial score (nSPS) is 31.2. The SMILES string of the molecule is CCc1nn(C)c2c1NC(=O)C1CCC3CCCCC3N21. The first kappa shape index (κ1) is 13.2. The Balaban J connectivity index is 1.82. The molecule has 114 valence electrons. The summed E-state index contributed by atoms with van der Waals surface area (Å²) in [6.07, 6.45) is 8.23. The highest BCUT2D eigenvalue weighted by Gasteiger charge is 2.46. The number of anilines is 2. The lowest BCUT2D eigenvalue weighted by atomic mass is 9.75. The van der Waals surface area contributed by atoms with E-state index in [9.17, 15) is 4.79 Å². The summed E-state index contributed by atoms with van der Waals surface area (Å²) < 4.78 is 1.98. The second-order valence-corrected chi connectivity index (χ2v) is 6.72. The lowest BCUT2D eigenvalue weighted by Gasteiger charge is -2.50. The van der Waals surface area contributed by atoms with E-state index in [0.29, 0.717) is 6.04 Å². The molecule has 3 atom stereocenters. The van der Waals surface area contributed by atoms with E-state index in [4.69, 9.17) is 0 Å². The van der Waals surface area contributed by atoms with Crippen LogP contribution in [0.1, 0.15) is 51.1 Å². The molecule has 2 aliphatic heterocycles. The first-order valence-electron chi connectivity index (χ1n) is 8.35. The van der Waals surface area contributed by atoms with Gasteiger partial charge in [0.25, 0.3) is 0 Å². The van der Waals surface area contributed by atoms with Gasteiger partial charge in [0.2, 0.25) is 5.91 Å². The number of aryl methyl sites for hydroxylation is 2. The monoisotopic (exact) mass is 288 g/mol. The van der Waals surface area contributed by atoms with E-state index >= 15 is 0 Å². The Hall–Kier alpha value is -1.52. The molecular weight excluding hydrogens is 264 g/mol. The lowest BCUT2D eigenvalue weighted by molar-refractivity contribution is -0.118. The molecule has 0 radical (unpaired) electrons. The van der Waals surface area contributed by atoms with Crippen molar-refractivity contribution in [3.8, 4) is 0 Å². The zero-order chi connectivity index (χ0) is 14.6. The predicted octanol–water partition coefficient (Wildman–Crippen LogP) is 2.46. The summed E-state index contributed by atoms with van der Waals surface area (Å²) in [6, 6.07) is 0.541. The molecule has 2 fully saturated rings. The van der Waals surface area contributed by atoms with Crippen LogP contribution in [0.5, 0.6) is 0 Å². The summed E-state index contributed by atoms with van der Waals surface area (Å²) in [7, 11) is 2.01. The summed E-state index contributed by atoms with van der Waals surface area (Å²) in [5.41, 5.74) is 1.98. The molecule has 3 unspecified atom stereocenters. The van der Waals surface area contributed by atoms with Crippen LogP contribution in [0.4, 0.5) is 11.5 Å². The topological polar surface area (TPSA) is 50.2 Å². The number of carbonyl (C=O) groups is 1. The standard InChI is InChI=1S/C16H24N4O/c1-3-11-14-16(19(2)18-11)20-12-7-5-4-6-10(12)8-9-13(20)15(21)17-14/h10,12-13H,3-9H2,1-2H3,(H,17,21). The summed E-state index contributed by atoms with van der Waals surface area (Å²) in [4.78, 5) is 15.0. The van der Waals surface area contributed by atoms with Crippen molar-refractivity contribution in [3.05, 3.63) is 5.69 Å². The van der Waals surface area contributed by atoms with Crippen LogP contribution in [-0.2, 0) is 18.3 Å². The maximum atomic E-state index is 12.6. The van der Waals surface area contributed by atoms with Crippen LogP contribution in [-0.4, -0.2) is 27.8 Å². The van der Waals surface area contributed by atoms with E-state index < -0.39 is 0 Å². The largest absolute Gasteiger partial charge is 0.340 e. The highest BCUT2D eigenvalue weighted by molar-refractivity contribution is 6.04.